The fourth-order valence-electron chi connectivity index (χ4n) is 3.73. The van der Waals surface area contributed by atoms with Gasteiger partial charge in [0.1, 0.15) is 18.3 Å². The molecule has 1 aliphatic heterocycles. The van der Waals surface area contributed by atoms with Crippen LogP contribution in [0.3, 0.4) is 0 Å². The molecule has 1 N–H and O–H groups in total. The maximum atomic E-state index is 13.0. The van der Waals surface area contributed by atoms with Crippen molar-refractivity contribution in [2.45, 2.75) is 120 Å². The minimum absolute atomic E-state index is 0.0666. The van der Waals surface area contributed by atoms with E-state index in [2.05, 4.69) is 72.7 Å². The smallest absolute Gasteiger partial charge is 0.414 e. The highest BCUT2D eigenvalue weighted by atomic mass is 32.2. The monoisotopic (exact) mass is 641 g/mol. The Morgan fingerprint density at radius 3 is 2.12 bits per heavy atom. The van der Waals surface area contributed by atoms with E-state index in [1.54, 1.807) is 6.26 Å². The molecule has 1 aliphatic rings. The van der Waals surface area contributed by atoms with Crippen LogP contribution in [0.5, 0.6) is 0 Å². The van der Waals surface area contributed by atoms with Crippen molar-refractivity contribution in [3.8, 4) is 0 Å². The van der Waals surface area contributed by atoms with E-state index in [-0.39, 0.29) is 27.4 Å². The number of carbonyl (C=O) groups excluding carboxylic acids is 1. The van der Waals surface area contributed by atoms with E-state index >= 15 is 0 Å². The summed E-state index contributed by atoms with van der Waals surface area (Å²) in [5.74, 6) is -2.08. The van der Waals surface area contributed by atoms with Crippen molar-refractivity contribution in [1.29, 1.82) is 0 Å². The first-order chi connectivity index (χ1) is 18.3. The standard InChI is InChI=1S/C26H46F3N3O6SSi2/c1-24(2,3)40(9,10)36-15-17-19(38-41(11,12)25(4,5)6)18(33)21(37-17)32-14-16(20(34)30-23(32)39-8)13-31(7)22(35)26(27,28)29/h14,17-19,21,33H,13,15H2,1-12H3/t17-,18+,19?,21-/m1/s1. The van der Waals surface area contributed by atoms with Crippen molar-refractivity contribution in [3.05, 3.63) is 22.1 Å². The van der Waals surface area contributed by atoms with Crippen LogP contribution in [0.2, 0.25) is 36.3 Å². The quantitative estimate of drug-likeness (QED) is 0.224. The third-order valence-corrected chi connectivity index (χ3v) is 18.0. The second kappa shape index (κ2) is 12.4. The maximum Gasteiger partial charge on any atom is 0.471 e. The van der Waals surface area contributed by atoms with Crippen molar-refractivity contribution in [3.63, 3.8) is 0 Å². The van der Waals surface area contributed by atoms with Crippen LogP contribution >= 0.6 is 11.8 Å². The highest BCUT2D eigenvalue weighted by Crippen LogP contribution is 2.43. The van der Waals surface area contributed by atoms with Gasteiger partial charge >= 0.3 is 12.1 Å². The molecule has 0 spiro atoms. The van der Waals surface area contributed by atoms with E-state index in [4.69, 9.17) is 13.6 Å². The first kappa shape index (κ1) is 36.0. The van der Waals surface area contributed by atoms with Gasteiger partial charge in [0.2, 0.25) is 0 Å². The summed E-state index contributed by atoms with van der Waals surface area (Å²) in [6.45, 7) is 20.5. The number of carbonyl (C=O) groups is 1. The third-order valence-electron chi connectivity index (χ3n) is 8.40. The molecule has 0 saturated carbocycles. The van der Waals surface area contributed by atoms with Gasteiger partial charge in [0.25, 0.3) is 5.56 Å². The first-order valence-electron chi connectivity index (χ1n) is 13.5. The van der Waals surface area contributed by atoms with Gasteiger partial charge in [0.15, 0.2) is 28.0 Å². The van der Waals surface area contributed by atoms with E-state index in [0.29, 0.717) is 4.90 Å². The van der Waals surface area contributed by atoms with Crippen molar-refractivity contribution >= 4 is 34.3 Å². The summed E-state index contributed by atoms with van der Waals surface area (Å²) < 4.78 is 59.8. The molecule has 0 aromatic carbocycles. The lowest BCUT2D eigenvalue weighted by molar-refractivity contribution is -0.184. The summed E-state index contributed by atoms with van der Waals surface area (Å²) in [4.78, 5) is 28.8. The predicted octanol–water partition coefficient (Wildman–Crippen LogP) is 5.16. The molecule has 1 aromatic rings. The fraction of sp³-hybridized carbons (Fsp3) is 0.808. The molecule has 1 amide bonds. The fourth-order valence-corrected chi connectivity index (χ4v) is 6.61. The number of amides is 1. The number of nitrogens with zero attached hydrogens (tertiary/aromatic N) is 3. The average Bonchev–Trinajstić information content (AvgIpc) is 3.10. The number of aliphatic hydroxyl groups excluding tert-OH is 1. The Morgan fingerprint density at radius 2 is 1.66 bits per heavy atom. The van der Waals surface area contributed by atoms with E-state index in [9.17, 15) is 27.9 Å². The summed E-state index contributed by atoms with van der Waals surface area (Å²) in [5.41, 5.74) is -0.923. The number of hydrogen-bond acceptors (Lipinski definition) is 8. The van der Waals surface area contributed by atoms with Crippen LogP contribution in [-0.4, -0.2) is 86.5 Å². The molecule has 1 aromatic heterocycles. The molecular weight excluding hydrogens is 596 g/mol. The molecule has 1 saturated heterocycles. The van der Waals surface area contributed by atoms with Crippen molar-refractivity contribution in [2.24, 2.45) is 0 Å². The number of aliphatic hydroxyl groups is 1. The van der Waals surface area contributed by atoms with Gasteiger partial charge < -0.3 is 23.6 Å². The number of hydrogen-bond donors (Lipinski definition) is 1. The lowest BCUT2D eigenvalue weighted by atomic mass is 10.1. The van der Waals surface area contributed by atoms with Gasteiger partial charge in [-0.2, -0.15) is 18.2 Å². The van der Waals surface area contributed by atoms with Crippen LogP contribution in [-0.2, 0) is 24.9 Å². The lowest BCUT2D eigenvalue weighted by Crippen LogP contribution is -2.51. The number of ether oxygens (including phenoxy) is 1. The van der Waals surface area contributed by atoms with Crippen molar-refractivity contribution in [2.75, 3.05) is 19.9 Å². The van der Waals surface area contributed by atoms with E-state index in [0.717, 1.165) is 18.8 Å². The number of alkyl halides is 3. The van der Waals surface area contributed by atoms with Gasteiger partial charge in [-0.25, -0.2) is 0 Å². The summed E-state index contributed by atoms with van der Waals surface area (Å²) in [6.07, 6.45) is -5.79. The van der Waals surface area contributed by atoms with Crippen LogP contribution in [0.4, 0.5) is 13.2 Å². The Morgan fingerprint density at radius 1 is 1.12 bits per heavy atom. The Labute approximate surface area is 247 Å². The summed E-state index contributed by atoms with van der Waals surface area (Å²) in [6, 6.07) is 0. The second-order valence-corrected chi connectivity index (χ2v) is 23.9. The largest absolute Gasteiger partial charge is 0.471 e. The van der Waals surface area contributed by atoms with Gasteiger partial charge in [-0.3, -0.25) is 14.2 Å². The Bertz CT molecular complexity index is 1150. The molecule has 9 nitrogen and oxygen atoms in total. The normalized spacial score (nSPS) is 22.7. The zero-order valence-corrected chi connectivity index (χ0v) is 29.0. The molecule has 4 atom stereocenters. The molecule has 2 rings (SSSR count). The molecule has 41 heavy (non-hydrogen) atoms. The third kappa shape index (κ3) is 8.23. The topological polar surface area (TPSA) is 103 Å². The molecule has 15 heteroatoms. The molecule has 0 aliphatic carbocycles. The average molecular weight is 642 g/mol. The molecule has 236 valence electrons. The minimum atomic E-state index is -5.09. The predicted molar refractivity (Wildman–Crippen MR) is 158 cm³/mol. The molecule has 1 unspecified atom stereocenters. The zero-order valence-electron chi connectivity index (χ0n) is 26.2. The van der Waals surface area contributed by atoms with E-state index in [1.165, 1.54) is 10.8 Å². The maximum absolute atomic E-state index is 13.0. The van der Waals surface area contributed by atoms with Crippen LogP contribution in [0, 0.1) is 0 Å². The van der Waals surface area contributed by atoms with Gasteiger partial charge in [0.05, 0.1) is 18.7 Å². The Kier molecular flexibility index (Phi) is 10.9. The van der Waals surface area contributed by atoms with Crippen LogP contribution in [0.1, 0.15) is 53.3 Å². The van der Waals surface area contributed by atoms with Crippen LogP contribution in [0.25, 0.3) is 0 Å². The number of thioether (sulfide) groups is 1. The van der Waals surface area contributed by atoms with Crippen molar-refractivity contribution < 1.29 is 36.7 Å². The number of aromatic nitrogens is 2. The molecular formula is C26H46F3N3O6SSi2. The van der Waals surface area contributed by atoms with Gasteiger partial charge in [0, 0.05) is 13.2 Å². The van der Waals surface area contributed by atoms with Gasteiger partial charge in [-0.15, -0.1) is 0 Å². The van der Waals surface area contributed by atoms with E-state index in [1.807, 2.05) is 0 Å². The summed E-state index contributed by atoms with van der Waals surface area (Å²) in [5, 5.41) is 11.6. The Balaban J connectivity index is 2.53. The molecule has 1 fully saturated rings. The molecule has 2 heterocycles. The van der Waals surface area contributed by atoms with E-state index < -0.39 is 65.4 Å². The molecule has 0 bridgehead atoms. The summed E-state index contributed by atoms with van der Waals surface area (Å²) >= 11 is 1.12. The lowest BCUT2D eigenvalue weighted by Gasteiger charge is -2.41. The highest BCUT2D eigenvalue weighted by molar-refractivity contribution is 7.98. The van der Waals surface area contributed by atoms with Gasteiger partial charge in [-0.1, -0.05) is 53.3 Å². The van der Waals surface area contributed by atoms with Crippen LogP contribution < -0.4 is 5.56 Å². The number of rotatable bonds is 9. The summed E-state index contributed by atoms with van der Waals surface area (Å²) in [7, 11) is -3.65. The Hall–Kier alpha value is -1.24. The second-order valence-electron chi connectivity index (χ2n) is 13.6. The molecule has 0 radical (unpaired) electrons. The van der Waals surface area contributed by atoms with Crippen molar-refractivity contribution in [1.82, 2.24) is 14.5 Å². The van der Waals surface area contributed by atoms with Crippen LogP contribution in [0.15, 0.2) is 16.1 Å². The minimum Gasteiger partial charge on any atom is -0.414 e. The van der Waals surface area contributed by atoms with Gasteiger partial charge in [-0.05, 0) is 42.5 Å². The SMILES string of the molecule is CSc1nc(=O)c(CN(C)C(=O)C(F)(F)F)cn1[C@@H]1O[C@H](CO[Si](C)(C)C(C)(C)C)C(O[Si](C)(C)C(C)(C)C)[C@@H]1O. The number of halogens is 3. The highest BCUT2D eigenvalue weighted by Gasteiger charge is 2.51. The zero-order chi connectivity index (χ0) is 31.9. The first-order valence-corrected chi connectivity index (χ1v) is 20.5.